The molecule has 0 saturated carbocycles. The first-order valence-corrected chi connectivity index (χ1v) is 10.8. The number of carbonyl (C=O) groups excluding carboxylic acids is 2. The Bertz CT molecular complexity index is 932. The highest BCUT2D eigenvalue weighted by molar-refractivity contribution is 5.85. The molecule has 1 aliphatic rings. The first kappa shape index (κ1) is 22.8. The Morgan fingerprint density at radius 1 is 1.19 bits per heavy atom. The Morgan fingerprint density at radius 3 is 2.58 bits per heavy atom. The van der Waals surface area contributed by atoms with Gasteiger partial charge in [0.15, 0.2) is 0 Å². The van der Waals surface area contributed by atoms with E-state index in [1.165, 1.54) is 12.1 Å². The van der Waals surface area contributed by atoms with Crippen LogP contribution in [0.3, 0.4) is 0 Å². The van der Waals surface area contributed by atoms with E-state index in [1.54, 1.807) is 15.9 Å². The number of hydrogen-bond acceptors (Lipinski definition) is 2. The molecule has 3 rings (SSSR count). The van der Waals surface area contributed by atoms with Gasteiger partial charge in [-0.3, -0.25) is 4.79 Å². The van der Waals surface area contributed by atoms with Crippen molar-refractivity contribution in [2.75, 3.05) is 19.6 Å². The summed E-state index contributed by atoms with van der Waals surface area (Å²) >= 11 is 0. The maximum atomic E-state index is 14.0. The lowest BCUT2D eigenvalue weighted by molar-refractivity contribution is -0.134. The van der Waals surface area contributed by atoms with Crippen molar-refractivity contribution in [1.82, 2.24) is 19.7 Å². The third kappa shape index (κ3) is 5.66. The molecule has 0 aliphatic carbocycles. The van der Waals surface area contributed by atoms with Crippen molar-refractivity contribution >= 4 is 11.9 Å². The third-order valence-electron chi connectivity index (χ3n) is 5.20. The number of hydrogen-bond donors (Lipinski definition) is 1. The number of amides is 3. The second-order valence-electron chi connectivity index (χ2n) is 9.63. The fourth-order valence-electron chi connectivity index (χ4n) is 3.99. The van der Waals surface area contributed by atoms with E-state index in [1.807, 2.05) is 59.0 Å². The van der Waals surface area contributed by atoms with Crippen LogP contribution >= 0.6 is 0 Å². The van der Waals surface area contributed by atoms with Gasteiger partial charge in [0.05, 0.1) is 6.04 Å². The van der Waals surface area contributed by atoms with Gasteiger partial charge in [-0.05, 0) is 56.5 Å². The van der Waals surface area contributed by atoms with E-state index >= 15 is 0 Å². The van der Waals surface area contributed by atoms with Gasteiger partial charge in [0.2, 0.25) is 5.91 Å². The number of benzene rings is 1. The average molecular weight is 429 g/mol. The molecule has 0 saturated heterocycles. The normalized spacial score (nSPS) is 16.2. The molecular formula is C24H33FN4O2. The largest absolute Gasteiger partial charge is 0.348 e. The summed E-state index contributed by atoms with van der Waals surface area (Å²) in [6.45, 7) is 11.4. The van der Waals surface area contributed by atoms with E-state index in [9.17, 15) is 14.0 Å². The number of nitrogens with one attached hydrogen (secondary N) is 1. The summed E-state index contributed by atoms with van der Waals surface area (Å²) in [5.41, 5.74) is 1.27. The van der Waals surface area contributed by atoms with E-state index in [0.29, 0.717) is 19.6 Å². The average Bonchev–Trinajstić information content (AvgIpc) is 3.13. The van der Waals surface area contributed by atoms with Gasteiger partial charge in [0, 0.05) is 37.1 Å². The minimum atomic E-state index is -0.397. The molecule has 1 aromatic carbocycles. The van der Waals surface area contributed by atoms with E-state index in [0.717, 1.165) is 11.3 Å². The van der Waals surface area contributed by atoms with Crippen molar-refractivity contribution in [3.63, 3.8) is 0 Å². The molecule has 168 valence electrons. The molecule has 1 atom stereocenters. The molecule has 2 aromatic rings. The number of fused-ring (bicyclic) bond motifs is 1. The molecule has 1 N–H and O–H groups in total. The van der Waals surface area contributed by atoms with Gasteiger partial charge in [-0.15, -0.1) is 0 Å². The number of nitrogens with zero attached hydrogens (tertiary/aromatic N) is 3. The van der Waals surface area contributed by atoms with Crippen molar-refractivity contribution in [3.05, 3.63) is 59.7 Å². The lowest BCUT2D eigenvalue weighted by Gasteiger charge is -2.39. The summed E-state index contributed by atoms with van der Waals surface area (Å²) in [4.78, 5) is 29.7. The second-order valence-corrected chi connectivity index (χ2v) is 9.63. The third-order valence-corrected chi connectivity index (χ3v) is 5.20. The molecule has 0 fully saturated rings. The summed E-state index contributed by atoms with van der Waals surface area (Å²) in [5.74, 6) is -0.262. The molecule has 1 aromatic heterocycles. The van der Waals surface area contributed by atoms with E-state index in [4.69, 9.17) is 0 Å². The maximum Gasteiger partial charge on any atom is 0.318 e. The molecule has 2 heterocycles. The van der Waals surface area contributed by atoms with Gasteiger partial charge in [-0.2, -0.15) is 0 Å². The van der Waals surface area contributed by atoms with Crippen LogP contribution in [0, 0.1) is 11.7 Å². The molecule has 7 heteroatoms. The number of halogens is 1. The van der Waals surface area contributed by atoms with E-state index in [-0.39, 0.29) is 30.2 Å². The molecule has 3 amide bonds. The van der Waals surface area contributed by atoms with Crippen LogP contribution in [0.2, 0.25) is 0 Å². The van der Waals surface area contributed by atoms with Crippen LogP contribution in [0.4, 0.5) is 9.18 Å². The van der Waals surface area contributed by atoms with Gasteiger partial charge in [-0.1, -0.05) is 26.0 Å². The van der Waals surface area contributed by atoms with Crippen LogP contribution in [0.5, 0.6) is 0 Å². The zero-order valence-corrected chi connectivity index (χ0v) is 19.1. The predicted molar refractivity (Wildman–Crippen MR) is 119 cm³/mol. The molecule has 1 aliphatic heterocycles. The number of urea groups is 1. The highest BCUT2D eigenvalue weighted by Gasteiger charge is 2.34. The second kappa shape index (κ2) is 9.12. The van der Waals surface area contributed by atoms with Crippen molar-refractivity contribution < 1.29 is 14.0 Å². The number of rotatable bonds is 5. The van der Waals surface area contributed by atoms with Gasteiger partial charge in [-0.25, -0.2) is 9.18 Å². The quantitative estimate of drug-likeness (QED) is 0.782. The van der Waals surface area contributed by atoms with Gasteiger partial charge in [0.25, 0.3) is 0 Å². The van der Waals surface area contributed by atoms with Crippen LogP contribution in [0.25, 0.3) is 0 Å². The highest BCUT2D eigenvalue weighted by atomic mass is 19.1. The van der Waals surface area contributed by atoms with Gasteiger partial charge >= 0.3 is 6.03 Å². The minimum Gasteiger partial charge on any atom is -0.348 e. The topological polar surface area (TPSA) is 57.6 Å². The lowest BCUT2D eigenvalue weighted by atomic mass is 9.99. The molecule has 6 nitrogen and oxygen atoms in total. The van der Waals surface area contributed by atoms with Gasteiger partial charge < -0.3 is 19.7 Å². The summed E-state index contributed by atoms with van der Waals surface area (Å²) in [5, 5.41) is 2.96. The van der Waals surface area contributed by atoms with Crippen molar-refractivity contribution in [1.29, 1.82) is 0 Å². The summed E-state index contributed by atoms with van der Waals surface area (Å²) in [7, 11) is 0. The minimum absolute atomic E-state index is 0.0212. The smallest absolute Gasteiger partial charge is 0.318 e. The molecular weight excluding hydrogens is 395 g/mol. The molecule has 0 bridgehead atoms. The lowest BCUT2D eigenvalue weighted by Crippen LogP contribution is -2.53. The summed E-state index contributed by atoms with van der Waals surface area (Å²) in [6, 6.07) is 9.65. The molecule has 0 radical (unpaired) electrons. The van der Waals surface area contributed by atoms with Crippen molar-refractivity contribution in [3.8, 4) is 0 Å². The van der Waals surface area contributed by atoms with Crippen molar-refractivity contribution in [2.45, 2.75) is 52.7 Å². The highest BCUT2D eigenvalue weighted by Crippen LogP contribution is 2.33. The van der Waals surface area contributed by atoms with Crippen LogP contribution in [0.1, 0.15) is 51.9 Å². The Labute approximate surface area is 184 Å². The zero-order chi connectivity index (χ0) is 22.8. The Balaban J connectivity index is 1.87. The predicted octanol–water partition coefficient (Wildman–Crippen LogP) is 4.02. The Hall–Kier alpha value is -2.83. The SMILES string of the molecule is CC(C)CN(CC(=O)N1CCn2cccc2C1c1cccc(F)c1)C(=O)NC(C)(C)C. The standard InChI is InChI=1S/C24H33FN4O2/c1-17(2)15-28(23(31)26-24(3,4)5)16-21(30)29-13-12-27-11-7-10-20(27)22(29)18-8-6-9-19(25)14-18/h6-11,14,17,22H,12-13,15-16H2,1-5H3,(H,26,31). The molecule has 1 unspecified atom stereocenters. The Kier molecular flexibility index (Phi) is 6.72. The summed E-state index contributed by atoms with van der Waals surface area (Å²) in [6.07, 6.45) is 1.98. The number of carbonyl (C=O) groups is 2. The maximum absolute atomic E-state index is 14.0. The summed E-state index contributed by atoms with van der Waals surface area (Å²) < 4.78 is 16.1. The number of aromatic nitrogens is 1. The monoisotopic (exact) mass is 428 g/mol. The van der Waals surface area contributed by atoms with Crippen LogP contribution in [-0.4, -0.2) is 51.5 Å². The fourth-order valence-corrected chi connectivity index (χ4v) is 3.99. The molecule has 31 heavy (non-hydrogen) atoms. The van der Waals surface area contributed by atoms with Crippen molar-refractivity contribution in [2.24, 2.45) is 5.92 Å². The van der Waals surface area contributed by atoms with Crippen LogP contribution in [-0.2, 0) is 11.3 Å². The first-order chi connectivity index (χ1) is 14.5. The van der Waals surface area contributed by atoms with E-state index < -0.39 is 11.6 Å². The van der Waals surface area contributed by atoms with E-state index in [2.05, 4.69) is 9.88 Å². The Morgan fingerprint density at radius 2 is 1.94 bits per heavy atom. The zero-order valence-electron chi connectivity index (χ0n) is 19.1. The first-order valence-electron chi connectivity index (χ1n) is 10.8. The van der Waals surface area contributed by atoms with Crippen LogP contribution in [0.15, 0.2) is 42.6 Å². The van der Waals surface area contributed by atoms with Gasteiger partial charge in [0.1, 0.15) is 12.4 Å². The molecule has 0 spiro atoms. The fraction of sp³-hybridized carbons (Fsp3) is 0.500. The van der Waals surface area contributed by atoms with Crippen LogP contribution < -0.4 is 5.32 Å².